The number of nitrogens with one attached hydrogen (secondary N) is 2. The second-order valence-electron chi connectivity index (χ2n) is 10.8. The first-order chi connectivity index (χ1) is 18.3. The fraction of sp³-hybridized carbons (Fsp3) is 0.357. The van der Waals surface area contributed by atoms with E-state index in [4.69, 9.17) is 0 Å². The highest BCUT2D eigenvalue weighted by Crippen LogP contribution is 2.46. The van der Waals surface area contributed by atoms with Gasteiger partial charge in [-0.2, -0.15) is 5.26 Å². The summed E-state index contributed by atoms with van der Waals surface area (Å²) in [5, 5.41) is 12.7. The van der Waals surface area contributed by atoms with Crippen LogP contribution in [0.3, 0.4) is 0 Å². The Balaban J connectivity index is 1.49. The first-order valence-corrected chi connectivity index (χ1v) is 12.4. The molecule has 0 unspecified atom stereocenters. The number of aromatic amines is 1. The highest BCUT2D eigenvalue weighted by molar-refractivity contribution is 6.07. The lowest BCUT2D eigenvalue weighted by molar-refractivity contribution is -0.137. The number of nitriles is 1. The Morgan fingerprint density at radius 2 is 1.97 bits per heavy atom. The predicted molar refractivity (Wildman–Crippen MR) is 136 cm³/mol. The van der Waals surface area contributed by atoms with Crippen molar-refractivity contribution in [2.24, 2.45) is 0 Å². The molecule has 1 spiro atoms. The number of aromatic nitrogens is 1. The lowest BCUT2D eigenvalue weighted by atomic mass is 9.80. The largest absolute Gasteiger partial charge is 0.350 e. The number of hydrogen-bond acceptors (Lipinski definition) is 4. The molecular formula is C28H26F3N5O3. The number of alkyl halides is 1. The van der Waals surface area contributed by atoms with Crippen molar-refractivity contribution in [3.05, 3.63) is 65.4 Å². The number of fused-ring (bicyclic) bond motifs is 3. The number of likely N-dealkylation sites (N-methyl/N-ethyl adjacent to an activating group) is 1. The van der Waals surface area contributed by atoms with E-state index in [-0.39, 0.29) is 35.5 Å². The molecule has 2 aromatic carbocycles. The fourth-order valence-corrected chi connectivity index (χ4v) is 5.63. The number of carbonyl (C=O) groups excluding carboxylic acids is 3. The van der Waals surface area contributed by atoms with Crippen LogP contribution < -0.4 is 5.32 Å². The minimum absolute atomic E-state index is 0.0150. The van der Waals surface area contributed by atoms with E-state index < -0.39 is 53.0 Å². The quantitative estimate of drug-likeness (QED) is 0.512. The van der Waals surface area contributed by atoms with Crippen LogP contribution in [0.15, 0.2) is 42.5 Å². The molecule has 1 saturated heterocycles. The number of rotatable bonds is 5. The maximum atomic E-state index is 15.0. The third-order valence-electron chi connectivity index (χ3n) is 7.55. The highest BCUT2D eigenvalue weighted by atomic mass is 19.1. The number of anilines is 1. The van der Waals surface area contributed by atoms with Gasteiger partial charge in [0.2, 0.25) is 11.8 Å². The Kier molecular flexibility index (Phi) is 6.17. The van der Waals surface area contributed by atoms with Crippen LogP contribution in [0, 0.1) is 23.0 Å². The molecular weight excluding hydrogens is 511 g/mol. The van der Waals surface area contributed by atoms with Crippen molar-refractivity contribution in [3.63, 3.8) is 0 Å². The van der Waals surface area contributed by atoms with Crippen molar-refractivity contribution < 1.29 is 27.6 Å². The normalized spacial score (nSPS) is 21.1. The van der Waals surface area contributed by atoms with Gasteiger partial charge in [0.1, 0.15) is 35.1 Å². The summed E-state index contributed by atoms with van der Waals surface area (Å²) in [4.78, 5) is 45.4. The van der Waals surface area contributed by atoms with E-state index in [2.05, 4.69) is 16.4 Å². The molecule has 2 N–H and O–H groups in total. The molecule has 0 radical (unpaired) electrons. The Labute approximate surface area is 222 Å². The minimum Gasteiger partial charge on any atom is -0.350 e. The number of benzene rings is 2. The third-order valence-corrected chi connectivity index (χ3v) is 7.55. The first kappa shape index (κ1) is 26.3. The lowest BCUT2D eigenvalue weighted by Gasteiger charge is -2.34. The molecule has 3 aromatic rings. The molecule has 2 aliphatic heterocycles. The number of halogens is 3. The summed E-state index contributed by atoms with van der Waals surface area (Å²) in [6.45, 7) is 2.41. The molecule has 8 nitrogen and oxygen atoms in total. The molecule has 1 aromatic heterocycles. The van der Waals surface area contributed by atoms with Crippen molar-refractivity contribution in [2.45, 2.75) is 49.9 Å². The van der Waals surface area contributed by atoms with Gasteiger partial charge in [0.05, 0.1) is 17.0 Å². The summed E-state index contributed by atoms with van der Waals surface area (Å²) < 4.78 is 42.9. The fourth-order valence-electron chi connectivity index (χ4n) is 5.63. The molecule has 0 aliphatic carbocycles. The maximum absolute atomic E-state index is 15.0. The molecule has 2 aliphatic rings. The number of hydrogen-bond donors (Lipinski definition) is 2. The van der Waals surface area contributed by atoms with Gasteiger partial charge in [-0.05, 0) is 37.6 Å². The van der Waals surface area contributed by atoms with Crippen LogP contribution in [0.2, 0.25) is 0 Å². The van der Waals surface area contributed by atoms with Crippen LogP contribution >= 0.6 is 0 Å². The van der Waals surface area contributed by atoms with Crippen LogP contribution in [0.5, 0.6) is 0 Å². The highest BCUT2D eigenvalue weighted by Gasteiger charge is 2.57. The van der Waals surface area contributed by atoms with E-state index >= 15 is 0 Å². The van der Waals surface area contributed by atoms with Crippen molar-refractivity contribution in [1.29, 1.82) is 5.26 Å². The minimum atomic E-state index is -1.89. The first-order valence-electron chi connectivity index (χ1n) is 12.4. The number of likely N-dealkylation sites (tertiary alicyclic amines) is 1. The summed E-state index contributed by atoms with van der Waals surface area (Å²) in [5.41, 5.74) is -1.83. The van der Waals surface area contributed by atoms with Gasteiger partial charge in [0.25, 0.3) is 5.91 Å². The molecule has 202 valence electrons. The molecule has 3 atom stereocenters. The van der Waals surface area contributed by atoms with E-state index in [0.29, 0.717) is 17.3 Å². The Morgan fingerprint density at radius 3 is 2.67 bits per heavy atom. The van der Waals surface area contributed by atoms with E-state index in [1.807, 2.05) is 0 Å². The maximum Gasteiger partial charge on any atom is 0.270 e. The van der Waals surface area contributed by atoms with E-state index in [1.54, 1.807) is 24.3 Å². The number of carbonyl (C=O) groups is 3. The molecule has 3 amide bonds. The summed E-state index contributed by atoms with van der Waals surface area (Å²) in [7, 11) is 1.31. The topological polar surface area (TPSA) is 109 Å². The van der Waals surface area contributed by atoms with Crippen LogP contribution in [0.4, 0.5) is 18.9 Å². The van der Waals surface area contributed by atoms with Crippen molar-refractivity contribution >= 4 is 34.3 Å². The van der Waals surface area contributed by atoms with Gasteiger partial charge in [-0.3, -0.25) is 14.4 Å². The zero-order chi connectivity index (χ0) is 28.3. The molecule has 39 heavy (non-hydrogen) atoms. The van der Waals surface area contributed by atoms with E-state index in [9.17, 15) is 32.8 Å². The molecule has 5 rings (SSSR count). The Morgan fingerprint density at radius 1 is 1.26 bits per heavy atom. The van der Waals surface area contributed by atoms with E-state index in [0.717, 1.165) is 11.0 Å². The van der Waals surface area contributed by atoms with E-state index in [1.165, 1.54) is 31.9 Å². The van der Waals surface area contributed by atoms with Crippen LogP contribution in [0.1, 0.15) is 42.7 Å². The molecule has 0 bridgehead atoms. The average Bonchev–Trinajstić information content (AvgIpc) is 3.55. The van der Waals surface area contributed by atoms with Gasteiger partial charge < -0.3 is 20.1 Å². The number of nitrogens with zero attached hydrogens (tertiary/aromatic N) is 3. The van der Waals surface area contributed by atoms with Crippen LogP contribution in [0.25, 0.3) is 10.9 Å². The molecule has 3 heterocycles. The predicted octanol–water partition coefficient (Wildman–Crippen LogP) is 4.04. The van der Waals surface area contributed by atoms with Crippen molar-refractivity contribution in [2.75, 3.05) is 18.9 Å². The van der Waals surface area contributed by atoms with Gasteiger partial charge in [0.15, 0.2) is 0 Å². The molecule has 11 heteroatoms. The lowest BCUT2D eigenvalue weighted by Crippen LogP contribution is -2.53. The standard InChI is InChI=1S/C28H26F3N5O3/c1-27(2,31)12-23(35(3)24(37)22-10-17-19(30)8-15(29)9-21(17)33-22)25(38)36-14-28(11-16(36)13-32)18-6-4-5-7-20(18)34-26(28)39/h4-10,16,23,33H,11-12,14H2,1-3H3,(H,34,39)/t16-,23-,28-/m0/s1. The van der Waals surface area contributed by atoms with Gasteiger partial charge in [-0.1, -0.05) is 18.2 Å². The Hall–Kier alpha value is -4.33. The van der Waals surface area contributed by atoms with Crippen LogP contribution in [-0.4, -0.2) is 63.9 Å². The number of para-hydroxylation sites is 1. The number of H-pyrrole nitrogens is 1. The van der Waals surface area contributed by atoms with Gasteiger partial charge in [-0.25, -0.2) is 13.2 Å². The molecule has 0 saturated carbocycles. The third kappa shape index (κ3) is 4.39. The Bertz CT molecular complexity index is 1560. The van der Waals surface area contributed by atoms with Crippen molar-refractivity contribution in [3.8, 4) is 6.07 Å². The van der Waals surface area contributed by atoms with Gasteiger partial charge in [-0.15, -0.1) is 0 Å². The van der Waals surface area contributed by atoms with Crippen LogP contribution in [-0.2, 0) is 15.0 Å². The summed E-state index contributed by atoms with van der Waals surface area (Å²) in [5.74, 6) is -3.47. The summed E-state index contributed by atoms with van der Waals surface area (Å²) >= 11 is 0. The monoisotopic (exact) mass is 537 g/mol. The van der Waals surface area contributed by atoms with Crippen molar-refractivity contribution in [1.82, 2.24) is 14.8 Å². The number of amides is 3. The zero-order valence-corrected chi connectivity index (χ0v) is 21.5. The van der Waals surface area contributed by atoms with Gasteiger partial charge >= 0.3 is 0 Å². The van der Waals surface area contributed by atoms with Gasteiger partial charge in [0, 0.05) is 43.6 Å². The zero-order valence-electron chi connectivity index (χ0n) is 21.5. The SMILES string of the molecule is CN(C(=O)c1cc2c(F)cc(F)cc2[nH]1)[C@@H](CC(C)(C)F)C(=O)N1C[C@]2(C[C@H]1C#N)C(=O)Nc1ccccc12. The second kappa shape index (κ2) is 9.15. The summed E-state index contributed by atoms with van der Waals surface area (Å²) in [6, 6.07) is 9.71. The molecule has 1 fully saturated rings. The smallest absolute Gasteiger partial charge is 0.270 e. The second-order valence-corrected chi connectivity index (χ2v) is 10.8. The summed E-state index contributed by atoms with van der Waals surface area (Å²) in [6.07, 6.45) is -0.351. The average molecular weight is 538 g/mol.